The molecule has 0 bridgehead atoms. The summed E-state index contributed by atoms with van der Waals surface area (Å²) in [5.74, 6) is -0.575. The first kappa shape index (κ1) is 16.0. The molecule has 0 spiro atoms. The second-order valence-electron chi connectivity index (χ2n) is 5.72. The van der Waals surface area contributed by atoms with Gasteiger partial charge < -0.3 is 9.30 Å². The van der Waals surface area contributed by atoms with Gasteiger partial charge in [0.15, 0.2) is 0 Å². The van der Waals surface area contributed by atoms with E-state index in [4.69, 9.17) is 4.74 Å². The summed E-state index contributed by atoms with van der Waals surface area (Å²) in [7, 11) is 1.82. The fourth-order valence-corrected chi connectivity index (χ4v) is 2.84. The predicted molar refractivity (Wildman–Crippen MR) is 94.4 cm³/mol. The largest absolute Gasteiger partial charge is 0.462 e. The van der Waals surface area contributed by atoms with Gasteiger partial charge in [0.25, 0.3) is 0 Å². The lowest BCUT2D eigenvalue weighted by Gasteiger charge is -2.10. The summed E-state index contributed by atoms with van der Waals surface area (Å²) in [6, 6.07) is 15.9. The van der Waals surface area contributed by atoms with Gasteiger partial charge in [-0.2, -0.15) is 0 Å². The molecule has 0 aliphatic rings. The number of fused-ring (bicyclic) bond motifs is 1. The Balaban J connectivity index is 2.09. The van der Waals surface area contributed by atoms with Crippen molar-refractivity contribution in [2.24, 2.45) is 7.05 Å². The predicted octanol–water partition coefficient (Wildman–Crippen LogP) is 3.31. The van der Waals surface area contributed by atoms with Crippen molar-refractivity contribution >= 4 is 16.9 Å². The second kappa shape index (κ2) is 6.71. The minimum absolute atomic E-state index is 0.0729. The van der Waals surface area contributed by atoms with Crippen molar-refractivity contribution in [3.05, 3.63) is 81.6 Å². The first-order chi connectivity index (χ1) is 11.6. The maximum Gasteiger partial charge on any atom is 0.343 e. The Kier molecular flexibility index (Phi) is 4.47. The van der Waals surface area contributed by atoms with E-state index in [2.05, 4.69) is 12.1 Å². The lowest BCUT2D eigenvalue weighted by molar-refractivity contribution is 0.0524. The number of carbonyl (C=O) groups is 1. The average molecular weight is 321 g/mol. The van der Waals surface area contributed by atoms with Gasteiger partial charge in [-0.15, -0.1) is 0 Å². The number of benzene rings is 2. The van der Waals surface area contributed by atoms with E-state index in [1.807, 2.05) is 43.4 Å². The van der Waals surface area contributed by atoms with E-state index in [0.29, 0.717) is 5.39 Å². The zero-order chi connectivity index (χ0) is 17.1. The number of aryl methyl sites for hydroxylation is 1. The van der Waals surface area contributed by atoms with Gasteiger partial charge in [0, 0.05) is 18.6 Å². The molecule has 4 nitrogen and oxygen atoms in total. The number of hydrogen-bond donors (Lipinski definition) is 0. The number of carbonyl (C=O) groups excluding carboxylic acids is 1. The number of hydrogen-bond acceptors (Lipinski definition) is 3. The van der Waals surface area contributed by atoms with Crippen molar-refractivity contribution in [1.82, 2.24) is 4.57 Å². The molecule has 3 rings (SSSR count). The van der Waals surface area contributed by atoms with Crippen LogP contribution in [0.3, 0.4) is 0 Å². The summed E-state index contributed by atoms with van der Waals surface area (Å²) in [6.07, 6.45) is 2.28. The Morgan fingerprint density at radius 1 is 1.08 bits per heavy atom. The molecule has 2 aromatic carbocycles. The van der Waals surface area contributed by atoms with E-state index in [1.54, 1.807) is 17.7 Å². The second-order valence-corrected chi connectivity index (χ2v) is 5.72. The van der Waals surface area contributed by atoms with E-state index >= 15 is 0 Å². The minimum atomic E-state index is -0.575. The molecular formula is C20H19NO3. The van der Waals surface area contributed by atoms with E-state index in [9.17, 15) is 9.59 Å². The smallest absolute Gasteiger partial charge is 0.343 e. The van der Waals surface area contributed by atoms with Gasteiger partial charge in [-0.25, -0.2) is 4.79 Å². The van der Waals surface area contributed by atoms with Crippen LogP contribution in [0.5, 0.6) is 0 Å². The third-order valence-electron chi connectivity index (χ3n) is 4.00. The van der Waals surface area contributed by atoms with Crippen LogP contribution in [0.1, 0.15) is 28.4 Å². The Bertz CT molecular complexity index is 942. The highest BCUT2D eigenvalue weighted by atomic mass is 16.5. The molecule has 1 heterocycles. The van der Waals surface area contributed by atoms with Gasteiger partial charge in [-0.3, -0.25) is 4.79 Å². The molecule has 3 aromatic rings. The summed E-state index contributed by atoms with van der Waals surface area (Å²) in [6.45, 7) is 1.97. The molecule has 0 aliphatic heterocycles. The quantitative estimate of drug-likeness (QED) is 0.693. The molecule has 122 valence electrons. The Morgan fingerprint density at radius 3 is 2.54 bits per heavy atom. The van der Waals surface area contributed by atoms with Gasteiger partial charge in [0.1, 0.15) is 5.56 Å². The van der Waals surface area contributed by atoms with Crippen LogP contribution >= 0.6 is 0 Å². The molecule has 4 heteroatoms. The van der Waals surface area contributed by atoms with Crippen molar-refractivity contribution < 1.29 is 9.53 Å². The molecule has 0 amide bonds. The van der Waals surface area contributed by atoms with Crippen molar-refractivity contribution in [3.8, 4) is 0 Å². The van der Waals surface area contributed by atoms with Gasteiger partial charge in [-0.05, 0) is 36.6 Å². The van der Waals surface area contributed by atoms with Gasteiger partial charge in [0.2, 0.25) is 5.43 Å². The van der Waals surface area contributed by atoms with E-state index in [1.165, 1.54) is 5.56 Å². The zero-order valence-electron chi connectivity index (χ0n) is 13.8. The number of nitrogens with zero attached hydrogens (tertiary/aromatic N) is 1. The molecule has 0 fully saturated rings. The summed E-state index contributed by atoms with van der Waals surface area (Å²) in [4.78, 5) is 24.7. The normalized spacial score (nSPS) is 10.8. The maximum absolute atomic E-state index is 12.7. The van der Waals surface area contributed by atoms with Gasteiger partial charge in [-0.1, -0.05) is 36.4 Å². The third kappa shape index (κ3) is 3.08. The molecule has 0 unspecified atom stereocenters. The molecular weight excluding hydrogens is 302 g/mol. The fourth-order valence-electron chi connectivity index (χ4n) is 2.84. The number of aromatic nitrogens is 1. The molecule has 0 atom stereocenters. The van der Waals surface area contributed by atoms with Crippen molar-refractivity contribution in [1.29, 1.82) is 0 Å². The van der Waals surface area contributed by atoms with Crippen LogP contribution in [-0.4, -0.2) is 17.1 Å². The summed E-state index contributed by atoms with van der Waals surface area (Å²) >= 11 is 0. The highest BCUT2D eigenvalue weighted by molar-refractivity contribution is 5.93. The van der Waals surface area contributed by atoms with Gasteiger partial charge >= 0.3 is 5.97 Å². The fraction of sp³-hybridized carbons (Fsp3) is 0.200. The molecule has 0 N–H and O–H groups in total. The SMILES string of the molecule is CCOC(=O)c1cn(C)c2ccc(Cc3ccccc3)cc2c1=O. The van der Waals surface area contributed by atoms with Crippen LogP contribution in [0, 0.1) is 0 Å². The molecule has 1 aromatic heterocycles. The number of pyridine rings is 1. The number of rotatable bonds is 4. The van der Waals surface area contributed by atoms with Crippen LogP contribution in [0.15, 0.2) is 59.5 Å². The van der Waals surface area contributed by atoms with Crippen LogP contribution in [0.25, 0.3) is 10.9 Å². The number of esters is 1. The lowest BCUT2D eigenvalue weighted by Crippen LogP contribution is -2.20. The first-order valence-corrected chi connectivity index (χ1v) is 7.93. The van der Waals surface area contributed by atoms with E-state index in [0.717, 1.165) is 17.5 Å². The molecule has 0 saturated heterocycles. The Morgan fingerprint density at radius 2 is 1.83 bits per heavy atom. The highest BCUT2D eigenvalue weighted by Gasteiger charge is 2.15. The molecule has 0 saturated carbocycles. The Hall–Kier alpha value is -2.88. The van der Waals surface area contributed by atoms with Crippen LogP contribution in [0.2, 0.25) is 0 Å². The molecule has 0 aliphatic carbocycles. The standard InChI is InChI=1S/C20H19NO3/c1-3-24-20(23)17-13-21(2)18-10-9-15(12-16(18)19(17)22)11-14-7-5-4-6-8-14/h4-10,12-13H,3,11H2,1-2H3. The molecule has 24 heavy (non-hydrogen) atoms. The maximum atomic E-state index is 12.7. The van der Waals surface area contributed by atoms with E-state index in [-0.39, 0.29) is 17.6 Å². The monoisotopic (exact) mass is 321 g/mol. The Labute approximate surface area is 140 Å². The van der Waals surface area contributed by atoms with Crippen molar-refractivity contribution in [3.63, 3.8) is 0 Å². The average Bonchev–Trinajstić information content (AvgIpc) is 2.59. The zero-order valence-corrected chi connectivity index (χ0v) is 13.8. The summed E-state index contributed by atoms with van der Waals surface area (Å²) in [5.41, 5.74) is 2.80. The number of ether oxygens (including phenoxy) is 1. The van der Waals surface area contributed by atoms with Crippen molar-refractivity contribution in [2.75, 3.05) is 6.61 Å². The summed E-state index contributed by atoms with van der Waals surface area (Å²) < 4.78 is 6.77. The first-order valence-electron chi connectivity index (χ1n) is 7.93. The van der Waals surface area contributed by atoms with Crippen LogP contribution in [0.4, 0.5) is 0 Å². The third-order valence-corrected chi connectivity index (χ3v) is 4.00. The van der Waals surface area contributed by atoms with E-state index < -0.39 is 5.97 Å². The topological polar surface area (TPSA) is 48.3 Å². The van der Waals surface area contributed by atoms with Crippen molar-refractivity contribution in [2.45, 2.75) is 13.3 Å². The highest BCUT2D eigenvalue weighted by Crippen LogP contribution is 2.17. The van der Waals surface area contributed by atoms with Crippen LogP contribution < -0.4 is 5.43 Å². The van der Waals surface area contributed by atoms with Crippen LogP contribution in [-0.2, 0) is 18.2 Å². The lowest BCUT2D eigenvalue weighted by atomic mass is 10.0. The summed E-state index contributed by atoms with van der Waals surface area (Å²) in [5, 5.41) is 0.538. The molecule has 0 radical (unpaired) electrons. The van der Waals surface area contributed by atoms with Gasteiger partial charge in [0.05, 0.1) is 12.1 Å². The minimum Gasteiger partial charge on any atom is -0.462 e.